The van der Waals surface area contributed by atoms with Crippen LogP contribution in [-0.2, 0) is 6.18 Å². The summed E-state index contributed by atoms with van der Waals surface area (Å²) in [6, 6.07) is 0.859. The molecule has 0 aliphatic rings. The van der Waals surface area contributed by atoms with E-state index in [2.05, 4.69) is 9.72 Å². The summed E-state index contributed by atoms with van der Waals surface area (Å²) in [6.07, 6.45) is -4.69. The van der Waals surface area contributed by atoms with Gasteiger partial charge in [0.05, 0.1) is 5.56 Å². The quantitative estimate of drug-likeness (QED) is 0.591. The molecule has 1 rings (SSSR count). The molecule has 1 aromatic heterocycles. The maximum absolute atomic E-state index is 12.2. The number of pyridine rings is 1. The van der Waals surface area contributed by atoms with Crippen LogP contribution in [0.15, 0.2) is 12.1 Å². The predicted molar refractivity (Wildman–Crippen MR) is 40.9 cm³/mol. The lowest BCUT2D eigenvalue weighted by Crippen LogP contribution is -2.08. The molecule has 2 nitrogen and oxygen atoms in total. The molecule has 0 atom stereocenters. The van der Waals surface area contributed by atoms with E-state index in [9.17, 15) is 22.0 Å². The third-order valence-corrected chi connectivity index (χ3v) is 1.50. The Bertz CT molecular complexity index is 354. The summed E-state index contributed by atoms with van der Waals surface area (Å²) < 4.78 is 63.6. The molecule has 8 heteroatoms. The Kier molecular flexibility index (Phi) is 3.33. The lowest BCUT2D eigenvalue weighted by molar-refractivity contribution is -0.138. The summed E-state index contributed by atoms with van der Waals surface area (Å²) in [4.78, 5) is 3.15. The highest BCUT2D eigenvalue weighted by Gasteiger charge is 2.32. The molecule has 0 aliphatic carbocycles. The number of ether oxygens (including phenoxy) is 1. The van der Waals surface area contributed by atoms with Crippen LogP contribution in [0.4, 0.5) is 22.0 Å². The molecule has 0 unspecified atom stereocenters. The van der Waals surface area contributed by atoms with Gasteiger partial charge in [-0.15, -0.1) is 0 Å². The molecule has 0 spiro atoms. The van der Waals surface area contributed by atoms with Crippen molar-refractivity contribution < 1.29 is 26.7 Å². The molecular weight excluding hydrogens is 245 g/mol. The van der Waals surface area contributed by atoms with Gasteiger partial charge in [-0.25, -0.2) is 4.98 Å². The molecule has 0 amide bonds. The molecule has 0 aliphatic heterocycles. The first kappa shape index (κ1) is 12.0. The lowest BCUT2D eigenvalue weighted by Gasteiger charge is -2.09. The largest absolute Gasteiger partial charge is 0.417 e. The normalized spacial score (nSPS) is 11.9. The van der Waals surface area contributed by atoms with Gasteiger partial charge in [0.2, 0.25) is 5.88 Å². The first-order valence-electron chi connectivity index (χ1n) is 3.48. The highest BCUT2D eigenvalue weighted by molar-refractivity contribution is 6.29. The molecular formula is C7H3ClF5NO. The van der Waals surface area contributed by atoms with Gasteiger partial charge in [-0.3, -0.25) is 0 Å². The molecule has 1 aromatic rings. The molecule has 0 aromatic carbocycles. The minimum atomic E-state index is -4.69. The summed E-state index contributed by atoms with van der Waals surface area (Å²) in [5.41, 5.74) is -1.20. The van der Waals surface area contributed by atoms with Crippen LogP contribution in [0.25, 0.3) is 0 Å². The number of alkyl halides is 5. The van der Waals surface area contributed by atoms with Crippen LogP contribution in [0.1, 0.15) is 5.56 Å². The summed E-state index contributed by atoms with van der Waals surface area (Å²) in [5.74, 6) is -0.871. The van der Waals surface area contributed by atoms with Crippen molar-refractivity contribution in [3.05, 3.63) is 22.8 Å². The van der Waals surface area contributed by atoms with Crippen molar-refractivity contribution in [1.29, 1.82) is 0 Å². The maximum atomic E-state index is 12.2. The Morgan fingerprint density at radius 1 is 1.27 bits per heavy atom. The van der Waals surface area contributed by atoms with Crippen molar-refractivity contribution >= 4 is 11.6 Å². The van der Waals surface area contributed by atoms with E-state index in [1.54, 1.807) is 0 Å². The molecule has 0 radical (unpaired) electrons. The molecule has 15 heavy (non-hydrogen) atoms. The van der Waals surface area contributed by atoms with Crippen molar-refractivity contribution in [3.8, 4) is 5.88 Å². The van der Waals surface area contributed by atoms with Gasteiger partial charge in [0.15, 0.2) is 0 Å². The van der Waals surface area contributed by atoms with Crippen molar-refractivity contribution in [2.24, 2.45) is 0 Å². The Hall–Kier alpha value is -1.11. The average molecular weight is 248 g/mol. The van der Waals surface area contributed by atoms with Crippen LogP contribution in [0, 0.1) is 0 Å². The van der Waals surface area contributed by atoms with E-state index in [1.807, 2.05) is 0 Å². The van der Waals surface area contributed by atoms with Crippen LogP contribution in [0.5, 0.6) is 5.88 Å². The zero-order valence-corrected chi connectivity index (χ0v) is 7.61. The van der Waals surface area contributed by atoms with Crippen molar-refractivity contribution in [3.63, 3.8) is 0 Å². The second-order valence-electron chi connectivity index (χ2n) is 2.39. The third-order valence-electron chi connectivity index (χ3n) is 1.31. The zero-order valence-electron chi connectivity index (χ0n) is 6.86. The second-order valence-corrected chi connectivity index (χ2v) is 2.78. The van der Waals surface area contributed by atoms with Gasteiger partial charge in [-0.1, -0.05) is 11.6 Å². The first-order chi connectivity index (χ1) is 6.79. The number of aromatic nitrogens is 1. The zero-order chi connectivity index (χ0) is 11.6. The topological polar surface area (TPSA) is 22.1 Å². The van der Waals surface area contributed by atoms with Gasteiger partial charge in [0.1, 0.15) is 5.15 Å². The van der Waals surface area contributed by atoms with Crippen LogP contribution in [-0.4, -0.2) is 11.6 Å². The number of rotatable bonds is 2. The number of nitrogens with zero attached hydrogens (tertiary/aromatic N) is 1. The molecule has 0 N–H and O–H groups in total. The molecule has 0 fully saturated rings. The van der Waals surface area contributed by atoms with Gasteiger partial charge in [0, 0.05) is 6.07 Å². The summed E-state index contributed by atoms with van der Waals surface area (Å²) in [6.45, 7) is -3.25. The van der Waals surface area contributed by atoms with E-state index in [1.165, 1.54) is 0 Å². The monoisotopic (exact) mass is 247 g/mol. The molecule has 0 saturated carbocycles. The summed E-state index contributed by atoms with van der Waals surface area (Å²) >= 11 is 5.20. The predicted octanol–water partition coefficient (Wildman–Crippen LogP) is 3.36. The minimum Gasteiger partial charge on any atom is -0.417 e. The Labute approximate surface area is 85.6 Å². The molecule has 1 heterocycles. The summed E-state index contributed by atoms with van der Waals surface area (Å²) in [5, 5.41) is -0.569. The SMILES string of the molecule is FC(F)Oc1cc(C(F)(F)F)cc(Cl)n1. The fourth-order valence-corrected chi connectivity index (χ4v) is 0.989. The van der Waals surface area contributed by atoms with Gasteiger partial charge in [-0.05, 0) is 6.07 Å². The smallest absolute Gasteiger partial charge is 0.416 e. The molecule has 84 valence electrons. The highest BCUT2D eigenvalue weighted by atomic mass is 35.5. The maximum Gasteiger partial charge on any atom is 0.416 e. The Morgan fingerprint density at radius 2 is 1.87 bits per heavy atom. The van der Waals surface area contributed by atoms with Gasteiger partial charge < -0.3 is 4.74 Å². The van der Waals surface area contributed by atoms with E-state index in [0.29, 0.717) is 12.1 Å². The number of hydrogen-bond acceptors (Lipinski definition) is 2. The highest BCUT2D eigenvalue weighted by Crippen LogP contribution is 2.32. The van der Waals surface area contributed by atoms with Crippen LogP contribution in [0.3, 0.4) is 0 Å². The standard InChI is InChI=1S/C7H3ClF5NO/c8-4-1-3(7(11,12)13)2-5(14-4)15-6(9)10/h1-2,6H. The van der Waals surface area contributed by atoms with Crippen molar-refractivity contribution in [2.75, 3.05) is 0 Å². The Balaban J connectivity index is 3.06. The fraction of sp³-hybridized carbons (Fsp3) is 0.286. The average Bonchev–Trinajstić information content (AvgIpc) is 1.99. The molecule has 0 bridgehead atoms. The third kappa shape index (κ3) is 3.50. The van der Waals surface area contributed by atoms with Crippen molar-refractivity contribution in [2.45, 2.75) is 12.8 Å². The van der Waals surface area contributed by atoms with E-state index in [4.69, 9.17) is 11.6 Å². The fourth-order valence-electron chi connectivity index (χ4n) is 0.788. The van der Waals surface area contributed by atoms with Gasteiger partial charge in [0.25, 0.3) is 0 Å². The van der Waals surface area contributed by atoms with E-state index >= 15 is 0 Å². The van der Waals surface area contributed by atoms with E-state index in [0.717, 1.165) is 0 Å². The second kappa shape index (κ2) is 4.18. The van der Waals surface area contributed by atoms with Crippen LogP contribution >= 0.6 is 11.6 Å². The Morgan fingerprint density at radius 3 is 2.33 bits per heavy atom. The van der Waals surface area contributed by atoms with E-state index in [-0.39, 0.29) is 0 Å². The number of hydrogen-bond donors (Lipinski definition) is 0. The molecule has 0 saturated heterocycles. The van der Waals surface area contributed by atoms with E-state index < -0.39 is 29.4 Å². The van der Waals surface area contributed by atoms with Gasteiger partial charge in [-0.2, -0.15) is 22.0 Å². The lowest BCUT2D eigenvalue weighted by atomic mass is 10.2. The van der Waals surface area contributed by atoms with Crippen molar-refractivity contribution in [1.82, 2.24) is 4.98 Å². The van der Waals surface area contributed by atoms with Crippen LogP contribution in [0.2, 0.25) is 5.15 Å². The number of halogens is 6. The minimum absolute atomic E-state index is 0.345. The first-order valence-corrected chi connectivity index (χ1v) is 3.86. The van der Waals surface area contributed by atoms with Gasteiger partial charge >= 0.3 is 12.8 Å². The summed E-state index contributed by atoms with van der Waals surface area (Å²) in [7, 11) is 0. The van der Waals surface area contributed by atoms with Crippen LogP contribution < -0.4 is 4.74 Å².